The second-order valence-electron chi connectivity index (χ2n) is 9.62. The van der Waals surface area contributed by atoms with Crippen molar-refractivity contribution in [3.05, 3.63) is 22.4 Å². The van der Waals surface area contributed by atoms with Gasteiger partial charge >= 0.3 is 5.97 Å². The minimum Gasteiger partial charge on any atom is -0.455 e. The molecule has 2 atom stereocenters. The zero-order valence-corrected chi connectivity index (χ0v) is 18.6. The Kier molecular flexibility index (Phi) is 5.09. The molecular formula is C22H27ClN2O4S. The van der Waals surface area contributed by atoms with Crippen LogP contribution in [0.5, 0.6) is 0 Å². The fourth-order valence-electron chi connectivity index (χ4n) is 6.48. The Morgan fingerprint density at radius 2 is 1.73 bits per heavy atom. The van der Waals surface area contributed by atoms with E-state index in [9.17, 15) is 14.4 Å². The molecule has 0 radical (unpaired) electrons. The quantitative estimate of drug-likeness (QED) is 0.522. The van der Waals surface area contributed by atoms with Gasteiger partial charge in [0.05, 0.1) is 10.3 Å². The van der Waals surface area contributed by atoms with Gasteiger partial charge in [0.2, 0.25) is 0 Å². The van der Waals surface area contributed by atoms with Crippen LogP contribution in [0.15, 0.2) is 17.5 Å². The Balaban J connectivity index is 1.13. The molecular weight excluding hydrogens is 424 g/mol. The third-order valence-corrected chi connectivity index (χ3v) is 8.70. The number of carbonyl (C=O) groups excluding carboxylic acids is 3. The van der Waals surface area contributed by atoms with E-state index in [4.69, 9.17) is 16.3 Å². The summed E-state index contributed by atoms with van der Waals surface area (Å²) >= 11 is 8.24. The number of nitrogens with zero attached hydrogens (tertiary/aromatic N) is 2. The molecule has 162 valence electrons. The van der Waals surface area contributed by atoms with Crippen molar-refractivity contribution in [1.82, 2.24) is 9.80 Å². The smallest absolute Gasteiger partial charge is 0.312 e. The van der Waals surface area contributed by atoms with E-state index >= 15 is 0 Å². The molecule has 4 aliphatic carbocycles. The lowest BCUT2D eigenvalue weighted by Gasteiger charge is -2.58. The van der Waals surface area contributed by atoms with Gasteiger partial charge in [-0.05, 0) is 61.8 Å². The lowest BCUT2D eigenvalue weighted by molar-refractivity contribution is -0.173. The van der Waals surface area contributed by atoms with Crippen LogP contribution in [0.4, 0.5) is 0 Å². The van der Waals surface area contributed by atoms with Gasteiger partial charge in [0.25, 0.3) is 11.8 Å². The van der Waals surface area contributed by atoms with Gasteiger partial charge in [0, 0.05) is 31.1 Å². The van der Waals surface area contributed by atoms with Crippen molar-refractivity contribution < 1.29 is 19.1 Å². The van der Waals surface area contributed by atoms with Crippen LogP contribution in [-0.2, 0) is 14.3 Å². The maximum Gasteiger partial charge on any atom is 0.312 e. The normalized spacial score (nSPS) is 34.8. The van der Waals surface area contributed by atoms with E-state index in [1.165, 1.54) is 17.8 Å². The summed E-state index contributed by atoms with van der Waals surface area (Å²) in [6.45, 7) is 1.71. The number of amides is 2. The number of halogens is 1. The zero-order chi connectivity index (χ0) is 20.9. The minimum absolute atomic E-state index is 0.0142. The number of hydrogen-bond acceptors (Lipinski definition) is 5. The Morgan fingerprint density at radius 1 is 1.07 bits per heavy atom. The molecule has 0 spiro atoms. The van der Waals surface area contributed by atoms with Gasteiger partial charge in [-0.25, -0.2) is 0 Å². The summed E-state index contributed by atoms with van der Waals surface area (Å²) in [5, 5.41) is 1.89. The van der Waals surface area contributed by atoms with Gasteiger partial charge < -0.3 is 14.5 Å². The largest absolute Gasteiger partial charge is 0.455 e. The number of alkyl halides is 1. The highest BCUT2D eigenvalue weighted by atomic mass is 35.5. The highest BCUT2D eigenvalue weighted by Gasteiger charge is 2.60. The summed E-state index contributed by atoms with van der Waals surface area (Å²) < 4.78 is 5.55. The summed E-state index contributed by atoms with van der Waals surface area (Å²) in [4.78, 5) is 42.0. The molecule has 8 heteroatoms. The number of rotatable bonds is 4. The number of hydrogen-bond donors (Lipinski definition) is 0. The molecule has 2 unspecified atom stereocenters. The predicted molar refractivity (Wildman–Crippen MR) is 113 cm³/mol. The van der Waals surface area contributed by atoms with Crippen molar-refractivity contribution >= 4 is 40.7 Å². The van der Waals surface area contributed by atoms with Crippen molar-refractivity contribution in [1.29, 1.82) is 0 Å². The van der Waals surface area contributed by atoms with E-state index in [1.54, 1.807) is 9.80 Å². The second kappa shape index (κ2) is 7.52. The van der Waals surface area contributed by atoms with Gasteiger partial charge in [-0.3, -0.25) is 14.4 Å². The van der Waals surface area contributed by atoms with Crippen LogP contribution in [0.25, 0.3) is 0 Å². The highest BCUT2D eigenvalue weighted by molar-refractivity contribution is 7.12. The van der Waals surface area contributed by atoms with E-state index in [0.29, 0.717) is 44.4 Å². The maximum absolute atomic E-state index is 13.0. The fourth-order valence-corrected chi connectivity index (χ4v) is 7.86. The lowest BCUT2D eigenvalue weighted by atomic mass is 9.49. The molecule has 4 bridgehead atoms. The third-order valence-electron chi connectivity index (χ3n) is 7.40. The van der Waals surface area contributed by atoms with Crippen LogP contribution in [0, 0.1) is 17.3 Å². The first-order chi connectivity index (χ1) is 14.4. The van der Waals surface area contributed by atoms with Crippen molar-refractivity contribution in [2.75, 3.05) is 32.8 Å². The maximum atomic E-state index is 13.0. The van der Waals surface area contributed by atoms with E-state index in [1.807, 2.05) is 17.5 Å². The zero-order valence-electron chi connectivity index (χ0n) is 17.0. The number of ether oxygens (including phenoxy) is 1. The Hall–Kier alpha value is -1.60. The summed E-state index contributed by atoms with van der Waals surface area (Å²) in [7, 11) is 0. The first-order valence-electron chi connectivity index (χ1n) is 10.8. The molecule has 0 N–H and O–H groups in total. The molecule has 6 rings (SSSR count). The molecule has 4 saturated carbocycles. The van der Waals surface area contributed by atoms with Gasteiger partial charge in [-0.1, -0.05) is 6.07 Å². The lowest BCUT2D eigenvalue weighted by Crippen LogP contribution is -2.56. The molecule has 1 aliphatic heterocycles. The third kappa shape index (κ3) is 3.64. The van der Waals surface area contributed by atoms with Crippen molar-refractivity contribution in [3.8, 4) is 0 Å². The van der Waals surface area contributed by atoms with Crippen molar-refractivity contribution in [2.24, 2.45) is 17.3 Å². The second-order valence-corrected chi connectivity index (χ2v) is 11.4. The number of carbonyl (C=O) groups is 3. The van der Waals surface area contributed by atoms with Gasteiger partial charge in [-0.15, -0.1) is 22.9 Å². The standard InChI is InChI=1S/C22H27ClN2O4S/c23-22-11-15-8-16(12-22)10-21(9-15,14-22)20(28)29-13-18(26)24-3-5-25(6-4-24)19(27)17-2-1-7-30-17/h1-2,7,15-16H,3-6,8-14H2. The van der Waals surface area contributed by atoms with Gasteiger partial charge in [0.15, 0.2) is 6.61 Å². The number of thiophene rings is 1. The highest BCUT2D eigenvalue weighted by Crippen LogP contribution is 2.64. The monoisotopic (exact) mass is 450 g/mol. The SMILES string of the molecule is O=C(COC(=O)C12CC3CC(CC(Cl)(C3)C1)C2)N1CCN(C(=O)c2cccs2)CC1. The molecule has 5 fully saturated rings. The van der Waals surface area contributed by atoms with Crippen molar-refractivity contribution in [3.63, 3.8) is 0 Å². The molecule has 0 aromatic carbocycles. The molecule has 5 aliphatic rings. The Bertz CT molecular complexity index is 835. The van der Waals surface area contributed by atoms with Crippen LogP contribution in [0.2, 0.25) is 0 Å². The summed E-state index contributed by atoms with van der Waals surface area (Å²) in [5.74, 6) is 0.626. The molecule has 2 heterocycles. The molecule has 2 amide bonds. The van der Waals surface area contributed by atoms with Crippen LogP contribution in [-0.4, -0.2) is 65.2 Å². The molecule has 1 aromatic heterocycles. The van der Waals surface area contributed by atoms with E-state index in [-0.39, 0.29) is 29.3 Å². The number of esters is 1. The Morgan fingerprint density at radius 3 is 2.33 bits per heavy atom. The van der Waals surface area contributed by atoms with Crippen LogP contribution in [0.3, 0.4) is 0 Å². The first kappa shape index (κ1) is 20.3. The first-order valence-corrected chi connectivity index (χ1v) is 12.1. The number of piperazine rings is 1. The van der Waals surface area contributed by atoms with Crippen LogP contribution >= 0.6 is 22.9 Å². The van der Waals surface area contributed by atoms with E-state index in [0.717, 1.165) is 30.6 Å². The summed E-state index contributed by atoms with van der Waals surface area (Å²) in [6.07, 6.45) is 5.59. The van der Waals surface area contributed by atoms with E-state index in [2.05, 4.69) is 0 Å². The Labute approximate surface area is 185 Å². The van der Waals surface area contributed by atoms with Crippen LogP contribution in [0.1, 0.15) is 48.2 Å². The topological polar surface area (TPSA) is 66.9 Å². The van der Waals surface area contributed by atoms with Crippen LogP contribution < -0.4 is 0 Å². The summed E-state index contributed by atoms with van der Waals surface area (Å²) in [6, 6.07) is 3.68. The molecule has 6 nitrogen and oxygen atoms in total. The molecule has 1 aromatic rings. The fraction of sp³-hybridized carbons (Fsp3) is 0.682. The predicted octanol–water partition coefficient (Wildman–Crippen LogP) is 3.15. The summed E-state index contributed by atoms with van der Waals surface area (Å²) in [5.41, 5.74) is -0.488. The van der Waals surface area contributed by atoms with E-state index < -0.39 is 5.41 Å². The average molecular weight is 451 g/mol. The van der Waals surface area contributed by atoms with Gasteiger partial charge in [0.1, 0.15) is 0 Å². The minimum atomic E-state index is -0.488. The average Bonchev–Trinajstić information content (AvgIpc) is 3.24. The van der Waals surface area contributed by atoms with Crippen molar-refractivity contribution in [2.45, 2.75) is 43.4 Å². The van der Waals surface area contributed by atoms with Gasteiger partial charge in [-0.2, -0.15) is 0 Å². The molecule has 1 saturated heterocycles. The molecule has 30 heavy (non-hydrogen) atoms.